The molecule has 0 amide bonds. The average molecular weight is 464 g/mol. The van der Waals surface area contributed by atoms with Gasteiger partial charge in [-0.1, -0.05) is 71.8 Å². The van der Waals surface area contributed by atoms with E-state index in [0.717, 1.165) is 45.1 Å². The largest absolute Gasteiger partial charge is 0.477 e. The summed E-state index contributed by atoms with van der Waals surface area (Å²) >= 11 is 0. The summed E-state index contributed by atoms with van der Waals surface area (Å²) in [4.78, 5) is 26.8. The molecule has 2 aromatic heterocycles. The fourth-order valence-corrected chi connectivity index (χ4v) is 5.16. The molecule has 3 heterocycles. The molecule has 1 atom stereocenters. The van der Waals surface area contributed by atoms with Crippen LogP contribution in [0, 0.1) is 13.8 Å². The summed E-state index contributed by atoms with van der Waals surface area (Å²) in [7, 11) is 3.25. The third-order valence-electron chi connectivity index (χ3n) is 6.88. The zero-order valence-corrected chi connectivity index (χ0v) is 20.1. The number of rotatable bonds is 2. The molecule has 3 aromatic carbocycles. The lowest BCUT2D eigenvalue weighted by Gasteiger charge is -2.30. The van der Waals surface area contributed by atoms with Gasteiger partial charge in [0, 0.05) is 14.1 Å². The van der Waals surface area contributed by atoms with Crippen LogP contribution >= 0.6 is 0 Å². The quantitative estimate of drug-likeness (QED) is 0.378. The van der Waals surface area contributed by atoms with E-state index < -0.39 is 6.10 Å². The molecule has 0 fully saturated rings. The second-order valence-electron chi connectivity index (χ2n) is 9.24. The van der Waals surface area contributed by atoms with Crippen molar-refractivity contribution in [3.05, 3.63) is 116 Å². The molecule has 6 rings (SSSR count). The Morgan fingerprint density at radius 2 is 1.54 bits per heavy atom. The van der Waals surface area contributed by atoms with E-state index in [9.17, 15) is 9.59 Å². The fourth-order valence-electron chi connectivity index (χ4n) is 5.16. The van der Waals surface area contributed by atoms with E-state index in [1.54, 1.807) is 11.6 Å². The molecule has 1 aliphatic rings. The summed E-state index contributed by atoms with van der Waals surface area (Å²) in [6.07, 6.45) is -0.496. The van der Waals surface area contributed by atoms with Crippen LogP contribution in [0.15, 0.2) is 82.4 Å². The van der Waals surface area contributed by atoms with E-state index in [2.05, 4.69) is 10.6 Å². The van der Waals surface area contributed by atoms with Gasteiger partial charge in [0.15, 0.2) is 6.10 Å². The maximum Gasteiger partial charge on any atom is 0.331 e. The smallest absolute Gasteiger partial charge is 0.331 e. The molecule has 0 bridgehead atoms. The second-order valence-corrected chi connectivity index (χ2v) is 9.24. The Labute approximate surface area is 202 Å². The number of fused-ring (bicyclic) bond motifs is 5. The van der Waals surface area contributed by atoms with E-state index in [1.807, 2.05) is 80.6 Å². The van der Waals surface area contributed by atoms with Gasteiger partial charge in [-0.25, -0.2) is 4.79 Å². The standard InChI is InChI=1S/C29H25N3O3/c1-17-12-14-19(15-13-17)24-23-25(30(3)29(34)31(4)28(23)33)26-27(20-9-7-8-18(2)16-20)35-22-11-6-5-10-21(22)32(24)26/h5-16,27H,1-4H3. The molecule has 0 N–H and O–H groups in total. The molecule has 174 valence electrons. The number of aryl methyl sites for hydroxylation is 3. The first-order valence-electron chi connectivity index (χ1n) is 11.6. The predicted molar refractivity (Wildman–Crippen MR) is 138 cm³/mol. The highest BCUT2D eigenvalue weighted by molar-refractivity contribution is 5.98. The van der Waals surface area contributed by atoms with Gasteiger partial charge in [-0.3, -0.25) is 13.9 Å². The Morgan fingerprint density at radius 1 is 0.800 bits per heavy atom. The van der Waals surface area contributed by atoms with Gasteiger partial charge < -0.3 is 9.30 Å². The minimum absolute atomic E-state index is 0.318. The minimum Gasteiger partial charge on any atom is -0.477 e. The molecule has 0 saturated heterocycles. The summed E-state index contributed by atoms with van der Waals surface area (Å²) in [5.74, 6) is 0.724. The van der Waals surface area contributed by atoms with Gasteiger partial charge in [0.2, 0.25) is 0 Å². The molecule has 5 aromatic rings. The highest BCUT2D eigenvalue weighted by atomic mass is 16.5. The number of aromatic nitrogens is 3. The van der Waals surface area contributed by atoms with Crippen LogP contribution < -0.4 is 16.0 Å². The van der Waals surface area contributed by atoms with Crippen molar-refractivity contribution in [1.29, 1.82) is 0 Å². The number of hydrogen-bond donors (Lipinski definition) is 0. The summed E-state index contributed by atoms with van der Waals surface area (Å²) in [6.45, 7) is 4.08. The Kier molecular flexibility index (Phi) is 4.61. The third-order valence-corrected chi connectivity index (χ3v) is 6.88. The first kappa shape index (κ1) is 21.2. The van der Waals surface area contributed by atoms with Gasteiger partial charge in [0.05, 0.1) is 28.0 Å². The first-order valence-corrected chi connectivity index (χ1v) is 11.6. The molecule has 6 nitrogen and oxygen atoms in total. The average Bonchev–Trinajstić information content (AvgIpc) is 3.23. The van der Waals surface area contributed by atoms with E-state index in [-0.39, 0.29) is 11.2 Å². The third kappa shape index (κ3) is 3.03. The highest BCUT2D eigenvalue weighted by Gasteiger charge is 2.36. The lowest BCUT2D eigenvalue weighted by atomic mass is 10.0. The summed E-state index contributed by atoms with van der Waals surface area (Å²) in [5.41, 5.74) is 6.39. The highest BCUT2D eigenvalue weighted by Crippen LogP contribution is 2.46. The molecular weight excluding hydrogens is 438 g/mol. The Balaban J connectivity index is 1.86. The van der Waals surface area contributed by atoms with Gasteiger partial charge >= 0.3 is 5.69 Å². The molecule has 0 spiro atoms. The van der Waals surface area contributed by atoms with Gasteiger partial charge in [-0.15, -0.1) is 0 Å². The van der Waals surface area contributed by atoms with Crippen molar-refractivity contribution in [1.82, 2.24) is 13.7 Å². The first-order chi connectivity index (χ1) is 16.9. The molecule has 1 unspecified atom stereocenters. The number of benzene rings is 3. The van der Waals surface area contributed by atoms with Crippen LogP contribution in [-0.2, 0) is 14.1 Å². The Bertz CT molecular complexity index is 1750. The van der Waals surface area contributed by atoms with Crippen molar-refractivity contribution >= 4 is 10.9 Å². The SMILES string of the molecule is Cc1ccc(-c2c3c(=O)n(C)c(=O)n(C)c3c3n2-c2ccccc2OC3c2cccc(C)c2)cc1. The molecule has 0 aliphatic carbocycles. The maximum atomic E-state index is 13.7. The monoisotopic (exact) mass is 463 g/mol. The zero-order valence-electron chi connectivity index (χ0n) is 20.1. The van der Waals surface area contributed by atoms with Crippen molar-refractivity contribution < 1.29 is 4.74 Å². The molecule has 1 aliphatic heterocycles. The molecule has 6 heteroatoms. The van der Waals surface area contributed by atoms with E-state index in [1.165, 1.54) is 11.6 Å². The minimum atomic E-state index is -0.496. The summed E-state index contributed by atoms with van der Waals surface area (Å²) in [6, 6.07) is 24.1. The van der Waals surface area contributed by atoms with Crippen LogP contribution in [0.1, 0.15) is 28.5 Å². The Morgan fingerprint density at radius 3 is 2.29 bits per heavy atom. The zero-order chi connectivity index (χ0) is 24.4. The van der Waals surface area contributed by atoms with Crippen molar-refractivity contribution in [2.75, 3.05) is 0 Å². The molecule has 0 radical (unpaired) electrons. The van der Waals surface area contributed by atoms with Crippen LogP contribution in [0.5, 0.6) is 5.75 Å². The fraction of sp³-hybridized carbons (Fsp3) is 0.172. The number of para-hydroxylation sites is 2. The van der Waals surface area contributed by atoms with Crippen molar-refractivity contribution in [3.63, 3.8) is 0 Å². The van der Waals surface area contributed by atoms with Crippen molar-refractivity contribution in [2.24, 2.45) is 14.1 Å². The van der Waals surface area contributed by atoms with Crippen LogP contribution in [0.3, 0.4) is 0 Å². The van der Waals surface area contributed by atoms with E-state index in [0.29, 0.717) is 10.9 Å². The van der Waals surface area contributed by atoms with Crippen LogP contribution in [0.2, 0.25) is 0 Å². The van der Waals surface area contributed by atoms with Gasteiger partial charge in [-0.2, -0.15) is 0 Å². The number of hydrogen-bond acceptors (Lipinski definition) is 3. The topological polar surface area (TPSA) is 58.2 Å². The molecular formula is C29H25N3O3. The van der Waals surface area contributed by atoms with Gasteiger partial charge in [-0.05, 0) is 37.1 Å². The van der Waals surface area contributed by atoms with E-state index >= 15 is 0 Å². The van der Waals surface area contributed by atoms with Crippen LogP contribution in [0.25, 0.3) is 27.8 Å². The van der Waals surface area contributed by atoms with E-state index in [4.69, 9.17) is 4.74 Å². The maximum absolute atomic E-state index is 13.7. The normalized spacial score (nSPS) is 14.5. The lowest BCUT2D eigenvalue weighted by molar-refractivity contribution is 0.229. The predicted octanol–water partition coefficient (Wildman–Crippen LogP) is 4.79. The second kappa shape index (κ2) is 7.60. The van der Waals surface area contributed by atoms with Crippen LogP contribution in [-0.4, -0.2) is 13.7 Å². The molecule has 0 saturated carbocycles. The number of nitrogens with zero attached hydrogens (tertiary/aromatic N) is 3. The molecule has 35 heavy (non-hydrogen) atoms. The van der Waals surface area contributed by atoms with Crippen molar-refractivity contribution in [3.8, 4) is 22.7 Å². The number of ether oxygens (including phenoxy) is 1. The van der Waals surface area contributed by atoms with Gasteiger partial charge in [0.1, 0.15) is 5.75 Å². The summed E-state index contributed by atoms with van der Waals surface area (Å²) < 4.78 is 11.5. The lowest BCUT2D eigenvalue weighted by Crippen LogP contribution is -2.37. The van der Waals surface area contributed by atoms with Crippen LogP contribution in [0.4, 0.5) is 0 Å². The Hall–Kier alpha value is -4.32. The van der Waals surface area contributed by atoms with Crippen molar-refractivity contribution in [2.45, 2.75) is 20.0 Å². The summed E-state index contributed by atoms with van der Waals surface area (Å²) in [5, 5.41) is 0.506. The van der Waals surface area contributed by atoms with Gasteiger partial charge in [0.25, 0.3) is 5.56 Å².